The molecular formula is C38H30N4. The van der Waals surface area contributed by atoms with Crippen molar-refractivity contribution in [3.63, 3.8) is 0 Å². The van der Waals surface area contributed by atoms with Gasteiger partial charge in [0.1, 0.15) is 0 Å². The fourth-order valence-electron chi connectivity index (χ4n) is 5.01. The Bertz CT molecular complexity index is 1840. The van der Waals surface area contributed by atoms with E-state index in [-0.39, 0.29) is 0 Å². The second-order valence-corrected chi connectivity index (χ2v) is 9.85. The second kappa shape index (κ2) is 12.2. The van der Waals surface area contributed by atoms with Gasteiger partial charge in [-0.25, -0.2) is 9.97 Å². The third-order valence-electron chi connectivity index (χ3n) is 7.14. The number of fused-ring (bicyclic) bond motifs is 4. The highest BCUT2D eigenvalue weighted by molar-refractivity contribution is 6.07. The van der Waals surface area contributed by atoms with E-state index < -0.39 is 0 Å². The van der Waals surface area contributed by atoms with E-state index in [1.54, 1.807) is 0 Å². The lowest BCUT2D eigenvalue weighted by molar-refractivity contribution is 1.50. The minimum atomic E-state index is 0.816. The van der Waals surface area contributed by atoms with Crippen molar-refractivity contribution in [2.45, 2.75) is 0 Å². The summed E-state index contributed by atoms with van der Waals surface area (Å²) in [6, 6.07) is 52.6. The molecule has 202 valence electrons. The third kappa shape index (κ3) is 5.60. The van der Waals surface area contributed by atoms with Crippen LogP contribution in [0.3, 0.4) is 0 Å². The van der Waals surface area contributed by atoms with Gasteiger partial charge >= 0.3 is 0 Å². The molecule has 6 aromatic carbocycles. The van der Waals surface area contributed by atoms with E-state index in [9.17, 15) is 0 Å². The molecular weight excluding hydrogens is 512 g/mol. The summed E-state index contributed by atoms with van der Waals surface area (Å²) in [6.45, 7) is 0. The Morgan fingerprint density at radius 2 is 0.524 bits per heavy atom. The van der Waals surface area contributed by atoms with Crippen LogP contribution in [-0.2, 0) is 0 Å². The first kappa shape index (κ1) is 26.5. The molecule has 0 aliphatic heterocycles. The molecule has 8 rings (SSSR count). The lowest BCUT2D eigenvalue weighted by atomic mass is 10.1. The van der Waals surface area contributed by atoms with Crippen molar-refractivity contribution >= 4 is 55.0 Å². The van der Waals surface area contributed by atoms with Crippen molar-refractivity contribution in [2.75, 3.05) is 11.5 Å². The molecule has 0 saturated carbocycles. The zero-order valence-electron chi connectivity index (χ0n) is 23.1. The molecule has 4 heteroatoms. The molecule has 0 amide bonds. The highest BCUT2D eigenvalue weighted by Crippen LogP contribution is 2.28. The summed E-state index contributed by atoms with van der Waals surface area (Å²) < 4.78 is 0. The number of nitrogens with zero attached hydrogens (tertiary/aromatic N) is 2. The molecule has 8 aromatic rings. The highest BCUT2D eigenvalue weighted by Gasteiger charge is 2.05. The minimum absolute atomic E-state index is 0.816. The Kier molecular flexibility index (Phi) is 7.69. The average molecular weight is 543 g/mol. The first-order valence-corrected chi connectivity index (χ1v) is 13.9. The maximum Gasteiger partial charge on any atom is 0.0730 e. The van der Waals surface area contributed by atoms with Crippen molar-refractivity contribution < 1.29 is 0 Å². The van der Waals surface area contributed by atoms with Crippen LogP contribution in [0.15, 0.2) is 158 Å². The number of nitrogens with two attached hydrogens (primary N) is 2. The van der Waals surface area contributed by atoms with Crippen LogP contribution < -0.4 is 11.5 Å². The Labute approximate surface area is 244 Å². The summed E-state index contributed by atoms with van der Waals surface area (Å²) in [5.74, 6) is 0. The summed E-state index contributed by atoms with van der Waals surface area (Å²) in [4.78, 5) is 9.12. The van der Waals surface area contributed by atoms with Gasteiger partial charge in [-0.1, -0.05) is 133 Å². The van der Waals surface area contributed by atoms with E-state index in [4.69, 9.17) is 11.5 Å². The Morgan fingerprint density at radius 3 is 0.810 bits per heavy atom. The molecule has 0 spiro atoms. The third-order valence-corrected chi connectivity index (χ3v) is 7.14. The van der Waals surface area contributed by atoms with Crippen LogP contribution in [0, 0.1) is 0 Å². The van der Waals surface area contributed by atoms with E-state index in [1.807, 2.05) is 109 Å². The van der Waals surface area contributed by atoms with E-state index in [0.717, 1.165) is 55.0 Å². The lowest BCUT2D eigenvalue weighted by Crippen LogP contribution is -1.91. The molecule has 0 unspecified atom stereocenters. The van der Waals surface area contributed by atoms with Crippen LogP contribution in [0.1, 0.15) is 0 Å². The highest BCUT2D eigenvalue weighted by atomic mass is 14.7. The predicted molar refractivity (Wildman–Crippen MR) is 179 cm³/mol. The van der Waals surface area contributed by atoms with Gasteiger partial charge in [-0.3, -0.25) is 0 Å². The fraction of sp³-hybridized carbons (Fsp3) is 0. The van der Waals surface area contributed by atoms with Gasteiger partial charge in [0.05, 0.1) is 33.4 Å². The summed E-state index contributed by atoms with van der Waals surface area (Å²) in [5, 5.41) is 4.10. The smallest absolute Gasteiger partial charge is 0.0730 e. The molecule has 0 aliphatic carbocycles. The largest absolute Gasteiger partial charge is 0.398 e. The molecule has 0 aliphatic rings. The molecule has 0 radical (unpaired) electrons. The number of pyridine rings is 2. The summed E-state index contributed by atoms with van der Waals surface area (Å²) in [7, 11) is 0. The van der Waals surface area contributed by atoms with Gasteiger partial charge in [0.2, 0.25) is 0 Å². The number of para-hydroxylation sites is 4. The SMILES string of the molecule is Nc1c2ccccc2nc2ccccc12.Nc1c2ccccc2nc2ccccc12.c1ccc(-c2ccccc2)cc1. The van der Waals surface area contributed by atoms with Gasteiger partial charge in [0.15, 0.2) is 0 Å². The van der Waals surface area contributed by atoms with Crippen LogP contribution in [0.4, 0.5) is 11.4 Å². The van der Waals surface area contributed by atoms with Gasteiger partial charge in [-0.2, -0.15) is 0 Å². The topological polar surface area (TPSA) is 77.8 Å². The molecule has 42 heavy (non-hydrogen) atoms. The first-order chi connectivity index (χ1) is 20.7. The number of anilines is 2. The van der Waals surface area contributed by atoms with Crippen molar-refractivity contribution in [1.82, 2.24) is 9.97 Å². The predicted octanol–water partition coefficient (Wildman–Crippen LogP) is 9.29. The van der Waals surface area contributed by atoms with Crippen molar-refractivity contribution in [3.05, 3.63) is 158 Å². The molecule has 0 bridgehead atoms. The number of benzene rings is 6. The van der Waals surface area contributed by atoms with Gasteiger partial charge in [-0.15, -0.1) is 0 Å². The van der Waals surface area contributed by atoms with Gasteiger partial charge in [0.25, 0.3) is 0 Å². The lowest BCUT2D eigenvalue weighted by Gasteiger charge is -2.05. The molecule has 0 atom stereocenters. The zero-order valence-corrected chi connectivity index (χ0v) is 23.1. The van der Waals surface area contributed by atoms with Crippen LogP contribution >= 0.6 is 0 Å². The molecule has 0 saturated heterocycles. The minimum Gasteiger partial charge on any atom is -0.398 e. The molecule has 2 aromatic heterocycles. The van der Waals surface area contributed by atoms with Crippen LogP contribution in [0.2, 0.25) is 0 Å². The van der Waals surface area contributed by atoms with Crippen molar-refractivity contribution in [1.29, 1.82) is 0 Å². The summed E-state index contributed by atoms with van der Waals surface area (Å²) >= 11 is 0. The maximum absolute atomic E-state index is 6.11. The van der Waals surface area contributed by atoms with E-state index in [2.05, 4.69) is 58.5 Å². The van der Waals surface area contributed by atoms with Crippen LogP contribution in [-0.4, -0.2) is 9.97 Å². The molecule has 2 heterocycles. The Hall–Kier alpha value is -5.74. The quantitative estimate of drug-likeness (QED) is 0.203. The van der Waals surface area contributed by atoms with Crippen LogP contribution in [0.25, 0.3) is 54.7 Å². The fourth-order valence-corrected chi connectivity index (χ4v) is 5.01. The first-order valence-electron chi connectivity index (χ1n) is 13.9. The van der Waals surface area contributed by atoms with Gasteiger partial charge in [0, 0.05) is 21.5 Å². The zero-order chi connectivity index (χ0) is 28.7. The number of nitrogen functional groups attached to an aromatic ring is 2. The maximum atomic E-state index is 6.11. The van der Waals surface area contributed by atoms with Gasteiger partial charge in [-0.05, 0) is 35.4 Å². The standard InChI is InChI=1S/2C13H10N2.C12H10/c2*14-13-9-5-1-3-7-11(9)15-12-8-4-2-6-10(12)13;1-3-7-11(8-4-1)12-9-5-2-6-10-12/h2*1-8H,(H2,14,15);1-10H. The molecule has 4 N–H and O–H groups in total. The Balaban J connectivity index is 0.000000114. The second-order valence-electron chi connectivity index (χ2n) is 9.85. The number of hydrogen-bond acceptors (Lipinski definition) is 4. The average Bonchev–Trinajstić information content (AvgIpc) is 3.07. The Morgan fingerprint density at radius 1 is 0.286 bits per heavy atom. The molecule has 0 fully saturated rings. The number of aromatic nitrogens is 2. The summed E-state index contributed by atoms with van der Waals surface area (Å²) in [6.07, 6.45) is 0. The van der Waals surface area contributed by atoms with Gasteiger partial charge < -0.3 is 11.5 Å². The van der Waals surface area contributed by atoms with E-state index in [0.29, 0.717) is 0 Å². The van der Waals surface area contributed by atoms with Crippen molar-refractivity contribution in [2.24, 2.45) is 0 Å². The normalized spacial score (nSPS) is 10.6. The number of hydrogen-bond donors (Lipinski definition) is 2. The number of rotatable bonds is 1. The van der Waals surface area contributed by atoms with E-state index >= 15 is 0 Å². The van der Waals surface area contributed by atoms with Crippen molar-refractivity contribution in [3.8, 4) is 11.1 Å². The summed E-state index contributed by atoms with van der Waals surface area (Å²) in [5.41, 5.74) is 20.2. The van der Waals surface area contributed by atoms with E-state index in [1.165, 1.54) is 11.1 Å². The monoisotopic (exact) mass is 542 g/mol. The van der Waals surface area contributed by atoms with Crippen LogP contribution in [0.5, 0.6) is 0 Å². The molecule has 4 nitrogen and oxygen atoms in total.